The third-order valence-electron chi connectivity index (χ3n) is 5.17. The highest BCUT2D eigenvalue weighted by atomic mass is 19.4. The van der Waals surface area contributed by atoms with Gasteiger partial charge in [-0.15, -0.1) is 0 Å². The minimum absolute atomic E-state index is 0.00933. The number of carbonyl (C=O) groups excluding carboxylic acids is 2. The lowest BCUT2D eigenvalue weighted by Gasteiger charge is -2.30. The lowest BCUT2D eigenvalue weighted by molar-refractivity contribution is -0.137. The molecule has 0 aliphatic carbocycles. The van der Waals surface area contributed by atoms with E-state index in [-0.39, 0.29) is 22.8 Å². The van der Waals surface area contributed by atoms with Gasteiger partial charge in [0.25, 0.3) is 11.8 Å². The number of nitriles is 1. The molecule has 32 heavy (non-hydrogen) atoms. The van der Waals surface area contributed by atoms with Crippen LogP contribution in [0.1, 0.15) is 35.3 Å². The van der Waals surface area contributed by atoms with Gasteiger partial charge in [0.1, 0.15) is 17.2 Å². The van der Waals surface area contributed by atoms with E-state index >= 15 is 0 Å². The van der Waals surface area contributed by atoms with Gasteiger partial charge in [-0.05, 0) is 50.2 Å². The minimum atomic E-state index is -4.81. The van der Waals surface area contributed by atoms with Crippen molar-refractivity contribution in [3.8, 4) is 6.07 Å². The van der Waals surface area contributed by atoms with Crippen molar-refractivity contribution in [2.24, 2.45) is 0 Å². The van der Waals surface area contributed by atoms with Crippen molar-refractivity contribution in [1.29, 1.82) is 5.26 Å². The largest absolute Gasteiger partial charge is 0.417 e. The fraction of sp³-hybridized carbons (Fsp3) is 0.227. The number of amides is 2. The molecule has 2 aromatic carbocycles. The summed E-state index contributed by atoms with van der Waals surface area (Å²) in [6.07, 6.45) is -4.81. The van der Waals surface area contributed by atoms with Gasteiger partial charge < -0.3 is 10.2 Å². The quantitative estimate of drug-likeness (QED) is 0.718. The van der Waals surface area contributed by atoms with Crippen molar-refractivity contribution in [2.75, 3.05) is 16.8 Å². The monoisotopic (exact) mass is 446 g/mol. The summed E-state index contributed by atoms with van der Waals surface area (Å²) in [5.74, 6) is -2.08. The highest BCUT2D eigenvalue weighted by Gasteiger charge is 2.49. The number of hydrogen-bond acceptors (Lipinski definition) is 4. The summed E-state index contributed by atoms with van der Waals surface area (Å²) in [5, 5.41) is 11.3. The summed E-state index contributed by atoms with van der Waals surface area (Å²) in [6.45, 7) is 6.86. The molecule has 3 rings (SSSR count). The molecule has 0 bridgehead atoms. The molecule has 166 valence electrons. The van der Waals surface area contributed by atoms with Gasteiger partial charge in [-0.2, -0.15) is 18.4 Å². The van der Waals surface area contributed by atoms with E-state index in [0.717, 1.165) is 17.0 Å². The summed E-state index contributed by atoms with van der Waals surface area (Å²) in [4.78, 5) is 27.3. The second kappa shape index (κ2) is 7.67. The molecule has 0 saturated carbocycles. The molecule has 0 radical (unpaired) electrons. The molecule has 1 aliphatic heterocycles. The average Bonchev–Trinajstić information content (AvgIpc) is 2.90. The van der Waals surface area contributed by atoms with E-state index in [1.807, 2.05) is 0 Å². The fourth-order valence-corrected chi connectivity index (χ4v) is 3.61. The highest BCUT2D eigenvalue weighted by Crippen LogP contribution is 2.42. The molecule has 6 nitrogen and oxygen atoms in total. The minimum Gasteiger partial charge on any atom is -0.355 e. The highest BCUT2D eigenvalue weighted by molar-refractivity contribution is 6.09. The number of nitrogens with zero attached hydrogens (tertiary/aromatic N) is 3. The van der Waals surface area contributed by atoms with Gasteiger partial charge in [0, 0.05) is 12.7 Å². The number of nitrogens with one attached hydrogen (secondary N) is 1. The van der Waals surface area contributed by atoms with E-state index in [1.165, 1.54) is 50.1 Å². The van der Waals surface area contributed by atoms with Crippen LogP contribution in [0.15, 0.2) is 48.8 Å². The molecular formula is C22H18F4N4O2. The van der Waals surface area contributed by atoms with Crippen LogP contribution in [0, 0.1) is 17.1 Å². The van der Waals surface area contributed by atoms with E-state index < -0.39 is 40.5 Å². The zero-order chi connectivity index (χ0) is 24.0. The normalized spacial score (nSPS) is 15.7. The summed E-state index contributed by atoms with van der Waals surface area (Å²) in [5.41, 5.74) is -3.25. The lowest BCUT2D eigenvalue weighted by Crippen LogP contribution is -2.43. The summed E-state index contributed by atoms with van der Waals surface area (Å²) in [7, 11) is 1.35. The Morgan fingerprint density at radius 2 is 1.78 bits per heavy atom. The molecule has 0 aromatic heterocycles. The van der Waals surface area contributed by atoms with Crippen LogP contribution in [-0.2, 0) is 11.0 Å². The van der Waals surface area contributed by atoms with Gasteiger partial charge in [-0.3, -0.25) is 14.5 Å². The summed E-state index contributed by atoms with van der Waals surface area (Å²) < 4.78 is 54.7. The van der Waals surface area contributed by atoms with Gasteiger partial charge in [0.15, 0.2) is 0 Å². The maximum absolute atomic E-state index is 14.5. The first kappa shape index (κ1) is 22.8. The SMILES string of the molecule is C=C1N(c2ccc(C#N)c(C(F)(F)F)c2)C(=O)C(C)(C)N1c1ccc(C(=O)NC)c(F)c1. The van der Waals surface area contributed by atoms with Crippen molar-refractivity contribution in [3.05, 3.63) is 71.3 Å². The number of anilines is 2. The van der Waals surface area contributed by atoms with Crippen molar-refractivity contribution >= 4 is 23.2 Å². The number of halogens is 4. The number of carbonyl (C=O) groups is 2. The van der Waals surface area contributed by atoms with Crippen molar-refractivity contribution in [3.63, 3.8) is 0 Å². The number of hydrogen-bond donors (Lipinski definition) is 1. The second-order valence-electron chi connectivity index (χ2n) is 7.53. The summed E-state index contributed by atoms with van der Waals surface area (Å²) >= 11 is 0. The van der Waals surface area contributed by atoms with Gasteiger partial charge >= 0.3 is 6.18 Å². The Labute approximate surface area is 181 Å². The smallest absolute Gasteiger partial charge is 0.355 e. The second-order valence-corrected chi connectivity index (χ2v) is 7.53. The van der Waals surface area contributed by atoms with Gasteiger partial charge in [-0.1, -0.05) is 6.58 Å². The van der Waals surface area contributed by atoms with Crippen molar-refractivity contribution in [2.45, 2.75) is 25.6 Å². The molecule has 2 aromatic rings. The van der Waals surface area contributed by atoms with Crippen molar-refractivity contribution < 1.29 is 27.2 Å². The predicted octanol–water partition coefficient (Wildman–Crippen LogP) is 4.18. The van der Waals surface area contributed by atoms with Crippen LogP contribution in [-0.4, -0.2) is 24.4 Å². The van der Waals surface area contributed by atoms with Crippen LogP contribution < -0.4 is 15.1 Å². The zero-order valence-electron chi connectivity index (χ0n) is 17.3. The van der Waals surface area contributed by atoms with Gasteiger partial charge in [0.05, 0.1) is 28.4 Å². The van der Waals surface area contributed by atoms with Crippen molar-refractivity contribution in [1.82, 2.24) is 5.32 Å². The maximum atomic E-state index is 14.5. The Hall–Kier alpha value is -3.87. The Morgan fingerprint density at radius 1 is 1.16 bits per heavy atom. The zero-order valence-corrected chi connectivity index (χ0v) is 17.3. The van der Waals surface area contributed by atoms with Crippen LogP contribution in [0.5, 0.6) is 0 Å². The first-order chi connectivity index (χ1) is 14.8. The van der Waals surface area contributed by atoms with E-state index in [1.54, 1.807) is 0 Å². The van der Waals surface area contributed by atoms with Gasteiger partial charge in [-0.25, -0.2) is 4.39 Å². The standard InChI is InChI=1S/C22H18F4N4O2/c1-12-29(14-6-5-13(11-27)17(9-14)22(24,25)26)20(32)21(2,3)30(12)15-7-8-16(18(23)10-15)19(31)28-4/h5-10H,1H2,2-4H3,(H,28,31). The van der Waals surface area contributed by atoms with Crippen LogP contribution >= 0.6 is 0 Å². The Kier molecular flexibility index (Phi) is 5.47. The average molecular weight is 446 g/mol. The molecule has 0 atom stereocenters. The lowest BCUT2D eigenvalue weighted by atomic mass is 10.0. The molecule has 0 unspecified atom stereocenters. The Morgan fingerprint density at radius 3 is 2.31 bits per heavy atom. The van der Waals surface area contributed by atoms with E-state index in [4.69, 9.17) is 5.26 Å². The molecule has 1 aliphatic rings. The first-order valence-corrected chi connectivity index (χ1v) is 9.31. The molecule has 1 heterocycles. The number of benzene rings is 2. The topological polar surface area (TPSA) is 76.4 Å². The molecule has 2 amide bonds. The maximum Gasteiger partial charge on any atom is 0.417 e. The molecule has 10 heteroatoms. The first-order valence-electron chi connectivity index (χ1n) is 9.31. The number of rotatable bonds is 3. The Balaban J connectivity index is 2.10. The molecule has 0 spiro atoms. The summed E-state index contributed by atoms with van der Waals surface area (Å²) in [6, 6.07) is 8.09. The van der Waals surface area contributed by atoms with Gasteiger partial charge in [0.2, 0.25) is 0 Å². The third kappa shape index (κ3) is 3.56. The molecule has 1 N–H and O–H groups in total. The van der Waals surface area contributed by atoms with Crippen LogP contribution in [0.2, 0.25) is 0 Å². The van der Waals surface area contributed by atoms with E-state index in [9.17, 15) is 27.2 Å². The molecular weight excluding hydrogens is 428 g/mol. The number of alkyl halides is 3. The molecule has 1 fully saturated rings. The molecule has 1 saturated heterocycles. The van der Waals surface area contributed by atoms with E-state index in [2.05, 4.69) is 11.9 Å². The van der Waals surface area contributed by atoms with Crippen LogP contribution in [0.25, 0.3) is 0 Å². The van der Waals surface area contributed by atoms with Crippen LogP contribution in [0.3, 0.4) is 0 Å². The predicted molar refractivity (Wildman–Crippen MR) is 109 cm³/mol. The Bertz CT molecular complexity index is 1180. The van der Waals surface area contributed by atoms with E-state index in [0.29, 0.717) is 6.07 Å². The van der Waals surface area contributed by atoms with Crippen LogP contribution in [0.4, 0.5) is 28.9 Å². The third-order valence-corrected chi connectivity index (χ3v) is 5.17. The fourth-order valence-electron chi connectivity index (χ4n) is 3.61.